The van der Waals surface area contributed by atoms with Gasteiger partial charge in [0.2, 0.25) is 5.95 Å². The van der Waals surface area contributed by atoms with E-state index in [1.807, 2.05) is 12.4 Å². The highest BCUT2D eigenvalue weighted by molar-refractivity contribution is 7.85. The molecule has 0 aliphatic carbocycles. The molecule has 1 aliphatic rings. The summed E-state index contributed by atoms with van der Waals surface area (Å²) in [6, 6.07) is 0.178. The lowest BCUT2D eigenvalue weighted by molar-refractivity contribution is 0.642. The van der Waals surface area contributed by atoms with Crippen LogP contribution in [-0.2, 0) is 17.2 Å². The van der Waals surface area contributed by atoms with Crippen LogP contribution in [0.2, 0.25) is 0 Å². The molecular weight excluding hydrogens is 248 g/mol. The average Bonchev–Trinajstić information content (AvgIpc) is 2.40. The number of hydrogen-bond donors (Lipinski definition) is 1. The van der Waals surface area contributed by atoms with Crippen molar-refractivity contribution in [2.45, 2.75) is 25.8 Å². The minimum absolute atomic E-state index is 0.178. The molecule has 1 aliphatic heterocycles. The molecule has 100 valence electrons. The Morgan fingerprint density at radius 2 is 2.00 bits per heavy atom. The Balaban J connectivity index is 1.97. The molecule has 0 aromatic carbocycles. The Labute approximate surface area is 110 Å². The second kappa shape index (κ2) is 6.24. The van der Waals surface area contributed by atoms with Gasteiger partial charge in [-0.15, -0.1) is 0 Å². The predicted molar refractivity (Wildman–Crippen MR) is 74.1 cm³/mol. The first-order chi connectivity index (χ1) is 8.69. The van der Waals surface area contributed by atoms with Gasteiger partial charge in [-0.3, -0.25) is 4.21 Å². The van der Waals surface area contributed by atoms with Crippen molar-refractivity contribution in [1.29, 1.82) is 0 Å². The molecule has 0 saturated carbocycles. The summed E-state index contributed by atoms with van der Waals surface area (Å²) in [5.41, 5.74) is 6.98. The first-order valence-electron chi connectivity index (χ1n) is 6.35. The Hall–Kier alpha value is -1.01. The normalized spacial score (nSPS) is 18.9. The van der Waals surface area contributed by atoms with Gasteiger partial charge in [0.15, 0.2) is 0 Å². The van der Waals surface area contributed by atoms with Crippen LogP contribution in [0.25, 0.3) is 0 Å². The molecular formula is C12H20N4OS. The van der Waals surface area contributed by atoms with Gasteiger partial charge in [0.25, 0.3) is 0 Å². The van der Waals surface area contributed by atoms with Crippen molar-refractivity contribution in [3.8, 4) is 0 Å². The van der Waals surface area contributed by atoms with E-state index in [0.29, 0.717) is 11.5 Å². The van der Waals surface area contributed by atoms with Crippen molar-refractivity contribution < 1.29 is 4.21 Å². The third kappa shape index (κ3) is 3.49. The Bertz CT molecular complexity index is 399. The van der Waals surface area contributed by atoms with Crippen molar-refractivity contribution in [1.82, 2.24) is 9.97 Å². The maximum atomic E-state index is 11.3. The van der Waals surface area contributed by atoms with Crippen LogP contribution in [0.15, 0.2) is 12.4 Å². The Morgan fingerprint density at radius 3 is 2.56 bits per heavy atom. The third-order valence-electron chi connectivity index (χ3n) is 3.17. The summed E-state index contributed by atoms with van der Waals surface area (Å²) in [5.74, 6) is 2.16. The van der Waals surface area contributed by atoms with Crippen LogP contribution < -0.4 is 10.6 Å². The minimum atomic E-state index is -0.662. The Morgan fingerprint density at radius 1 is 1.39 bits per heavy atom. The second-order valence-electron chi connectivity index (χ2n) is 4.60. The zero-order valence-electron chi connectivity index (χ0n) is 10.7. The van der Waals surface area contributed by atoms with Gasteiger partial charge in [0.05, 0.1) is 0 Å². The van der Waals surface area contributed by atoms with E-state index in [9.17, 15) is 4.21 Å². The van der Waals surface area contributed by atoms with Crippen LogP contribution in [0.4, 0.5) is 5.95 Å². The van der Waals surface area contributed by atoms with E-state index in [-0.39, 0.29) is 6.04 Å². The summed E-state index contributed by atoms with van der Waals surface area (Å²) >= 11 is 0. The van der Waals surface area contributed by atoms with Crippen LogP contribution in [0.5, 0.6) is 0 Å². The van der Waals surface area contributed by atoms with Gasteiger partial charge >= 0.3 is 0 Å². The number of hydrogen-bond acceptors (Lipinski definition) is 5. The zero-order valence-corrected chi connectivity index (χ0v) is 11.5. The molecule has 1 unspecified atom stereocenters. The van der Waals surface area contributed by atoms with Crippen molar-refractivity contribution in [2.24, 2.45) is 5.73 Å². The van der Waals surface area contributed by atoms with Gasteiger partial charge in [-0.1, -0.05) is 6.92 Å². The molecule has 1 aromatic heterocycles. The number of aromatic nitrogens is 2. The van der Waals surface area contributed by atoms with Crippen LogP contribution in [0.3, 0.4) is 0 Å². The molecule has 2 rings (SSSR count). The number of nitrogens with zero attached hydrogens (tertiary/aromatic N) is 3. The number of anilines is 1. The van der Waals surface area contributed by atoms with Crippen molar-refractivity contribution >= 4 is 16.7 Å². The van der Waals surface area contributed by atoms with Crippen molar-refractivity contribution in [2.75, 3.05) is 29.5 Å². The van der Waals surface area contributed by atoms with Gasteiger partial charge in [-0.25, -0.2) is 9.97 Å². The van der Waals surface area contributed by atoms with E-state index in [2.05, 4.69) is 21.8 Å². The largest absolute Gasteiger partial charge is 0.339 e. The van der Waals surface area contributed by atoms with E-state index in [1.54, 1.807) is 0 Å². The van der Waals surface area contributed by atoms with E-state index in [0.717, 1.165) is 37.4 Å². The summed E-state index contributed by atoms with van der Waals surface area (Å²) < 4.78 is 11.3. The number of rotatable bonds is 4. The molecule has 0 spiro atoms. The maximum Gasteiger partial charge on any atom is 0.225 e. The molecule has 2 N–H and O–H groups in total. The lowest BCUT2D eigenvalue weighted by atomic mass is 10.1. The van der Waals surface area contributed by atoms with Crippen molar-refractivity contribution in [3.63, 3.8) is 0 Å². The van der Waals surface area contributed by atoms with E-state index >= 15 is 0 Å². The van der Waals surface area contributed by atoms with Crippen LogP contribution >= 0.6 is 0 Å². The highest BCUT2D eigenvalue weighted by Crippen LogP contribution is 2.11. The topological polar surface area (TPSA) is 72.1 Å². The van der Waals surface area contributed by atoms with Gasteiger partial charge in [0.1, 0.15) is 0 Å². The molecule has 2 heterocycles. The van der Waals surface area contributed by atoms with E-state index < -0.39 is 10.8 Å². The molecule has 5 nitrogen and oxygen atoms in total. The summed E-state index contributed by atoms with van der Waals surface area (Å²) in [6.07, 6.45) is 5.48. The summed E-state index contributed by atoms with van der Waals surface area (Å²) in [7, 11) is -0.662. The smallest absolute Gasteiger partial charge is 0.225 e. The lowest BCUT2D eigenvalue weighted by Crippen LogP contribution is -2.38. The molecule has 0 radical (unpaired) electrons. The lowest BCUT2D eigenvalue weighted by Gasteiger charge is -2.26. The quantitative estimate of drug-likeness (QED) is 0.852. The first-order valence-corrected chi connectivity index (χ1v) is 7.84. The van der Waals surface area contributed by atoms with E-state index in [4.69, 9.17) is 5.73 Å². The standard InChI is InChI=1S/C12H20N4OS/c1-2-11(13)7-10-8-14-12(15-9-10)16-3-5-18(17)6-4-16/h8-9,11H,2-7,13H2,1H3. The zero-order chi connectivity index (χ0) is 13.0. The maximum absolute atomic E-state index is 11.3. The van der Waals surface area contributed by atoms with Crippen LogP contribution in [-0.4, -0.2) is 44.8 Å². The summed E-state index contributed by atoms with van der Waals surface area (Å²) in [4.78, 5) is 10.8. The van der Waals surface area contributed by atoms with Crippen LogP contribution in [0, 0.1) is 0 Å². The highest BCUT2D eigenvalue weighted by atomic mass is 32.2. The molecule has 6 heteroatoms. The molecule has 1 atom stereocenters. The fourth-order valence-electron chi connectivity index (χ4n) is 1.90. The Kier molecular flexibility index (Phi) is 4.66. The average molecular weight is 268 g/mol. The monoisotopic (exact) mass is 268 g/mol. The fourth-order valence-corrected chi connectivity index (χ4v) is 2.95. The fraction of sp³-hybridized carbons (Fsp3) is 0.667. The second-order valence-corrected chi connectivity index (χ2v) is 6.30. The molecule has 1 saturated heterocycles. The molecule has 0 bridgehead atoms. The van der Waals surface area contributed by atoms with Gasteiger partial charge in [-0.05, 0) is 18.4 Å². The summed E-state index contributed by atoms with van der Waals surface area (Å²) in [6.45, 7) is 3.63. The molecule has 18 heavy (non-hydrogen) atoms. The van der Waals surface area contributed by atoms with Gasteiger partial charge < -0.3 is 10.6 Å². The van der Waals surface area contributed by atoms with Gasteiger partial charge in [-0.2, -0.15) is 0 Å². The number of nitrogens with two attached hydrogens (primary N) is 1. The molecule has 1 aromatic rings. The van der Waals surface area contributed by atoms with Gasteiger partial charge in [0, 0.05) is 53.8 Å². The molecule has 1 fully saturated rings. The minimum Gasteiger partial charge on any atom is -0.339 e. The summed E-state index contributed by atoms with van der Waals surface area (Å²) in [5, 5.41) is 0. The SMILES string of the molecule is CCC(N)Cc1cnc(N2CCS(=O)CC2)nc1. The predicted octanol–water partition coefficient (Wildman–Crippen LogP) is 0.325. The third-order valence-corrected chi connectivity index (χ3v) is 4.45. The highest BCUT2D eigenvalue weighted by Gasteiger charge is 2.17. The van der Waals surface area contributed by atoms with Crippen molar-refractivity contribution in [3.05, 3.63) is 18.0 Å². The molecule has 0 amide bonds. The van der Waals surface area contributed by atoms with Crippen LogP contribution in [0.1, 0.15) is 18.9 Å². The van der Waals surface area contributed by atoms with E-state index in [1.165, 1.54) is 0 Å². The first kappa shape index (κ1) is 13.4.